The monoisotopic (exact) mass is 241 g/mol. The van der Waals surface area contributed by atoms with Crippen LogP contribution in [0.25, 0.3) is 0 Å². The number of carboxylic acid groups (broad SMARTS) is 1. The number of hydrogen-bond donors (Lipinski definition) is 2. The number of nitrogens with one attached hydrogen (secondary N) is 1. The third kappa shape index (κ3) is 8.93. The van der Waals surface area contributed by atoms with Crippen LogP contribution < -0.4 is 5.32 Å². The third-order valence-electron chi connectivity index (χ3n) is 2.89. The van der Waals surface area contributed by atoms with Gasteiger partial charge in [-0.3, -0.25) is 0 Å². The molecule has 0 aromatic carbocycles. The molecule has 2 N–H and O–H groups in total. The molecule has 0 aromatic rings. The summed E-state index contributed by atoms with van der Waals surface area (Å²) in [6.45, 7) is 9.15. The molecule has 0 heterocycles. The summed E-state index contributed by atoms with van der Waals surface area (Å²) in [6, 6.07) is 0.455. The lowest BCUT2D eigenvalue weighted by Gasteiger charge is -2.13. The largest absolute Gasteiger partial charge is 0.478 e. The van der Waals surface area contributed by atoms with Crippen LogP contribution in [-0.4, -0.2) is 23.7 Å². The number of carbonyl (C=O) groups is 1. The van der Waals surface area contributed by atoms with Gasteiger partial charge in [-0.25, -0.2) is 4.79 Å². The summed E-state index contributed by atoms with van der Waals surface area (Å²) >= 11 is 0. The zero-order chi connectivity index (χ0) is 13.3. The fraction of sp³-hybridized carbons (Fsp3) is 0.786. The Morgan fingerprint density at radius 2 is 1.94 bits per heavy atom. The highest BCUT2D eigenvalue weighted by Gasteiger charge is 2.04. The van der Waals surface area contributed by atoms with E-state index in [0.29, 0.717) is 24.6 Å². The SMILES string of the molecule is CCC(=CCNC(C)CCCC(C)C)C(=O)O. The summed E-state index contributed by atoms with van der Waals surface area (Å²) in [6.07, 6.45) is 6.01. The van der Waals surface area contributed by atoms with Gasteiger partial charge in [0.1, 0.15) is 0 Å². The number of rotatable bonds is 9. The zero-order valence-corrected chi connectivity index (χ0v) is 11.6. The Bertz CT molecular complexity index is 247. The Labute approximate surface area is 105 Å². The molecule has 0 aliphatic heterocycles. The Morgan fingerprint density at radius 1 is 1.29 bits per heavy atom. The van der Waals surface area contributed by atoms with E-state index in [2.05, 4.69) is 26.1 Å². The molecule has 0 aliphatic carbocycles. The van der Waals surface area contributed by atoms with Crippen LogP contribution in [0.4, 0.5) is 0 Å². The van der Waals surface area contributed by atoms with Gasteiger partial charge in [-0.2, -0.15) is 0 Å². The summed E-state index contributed by atoms with van der Waals surface area (Å²) in [4.78, 5) is 10.8. The van der Waals surface area contributed by atoms with Gasteiger partial charge in [-0.1, -0.05) is 39.7 Å². The molecule has 1 atom stereocenters. The second-order valence-corrected chi connectivity index (χ2v) is 5.02. The topological polar surface area (TPSA) is 49.3 Å². The van der Waals surface area contributed by atoms with Crippen LogP contribution in [0.15, 0.2) is 11.6 Å². The molecule has 3 nitrogen and oxygen atoms in total. The molecule has 0 fully saturated rings. The predicted octanol–water partition coefficient (Wildman–Crippen LogP) is 3.21. The molecule has 0 radical (unpaired) electrons. The van der Waals surface area contributed by atoms with Crippen LogP contribution in [0.3, 0.4) is 0 Å². The first-order chi connectivity index (χ1) is 7.97. The van der Waals surface area contributed by atoms with Crippen LogP contribution in [-0.2, 0) is 4.79 Å². The van der Waals surface area contributed by atoms with Crippen molar-refractivity contribution < 1.29 is 9.90 Å². The first-order valence-corrected chi connectivity index (χ1v) is 6.63. The number of carboxylic acids is 1. The highest BCUT2D eigenvalue weighted by Crippen LogP contribution is 2.08. The molecule has 17 heavy (non-hydrogen) atoms. The summed E-state index contributed by atoms with van der Waals surface area (Å²) in [5.74, 6) is -0.0393. The van der Waals surface area contributed by atoms with Gasteiger partial charge in [0.15, 0.2) is 0 Å². The number of hydrogen-bond acceptors (Lipinski definition) is 2. The average Bonchev–Trinajstić information content (AvgIpc) is 2.23. The van der Waals surface area contributed by atoms with Gasteiger partial charge in [-0.15, -0.1) is 0 Å². The van der Waals surface area contributed by atoms with Crippen molar-refractivity contribution in [3.05, 3.63) is 11.6 Å². The lowest BCUT2D eigenvalue weighted by atomic mass is 10.0. The molecule has 0 spiro atoms. The highest BCUT2D eigenvalue weighted by molar-refractivity contribution is 5.86. The van der Waals surface area contributed by atoms with E-state index in [1.165, 1.54) is 12.8 Å². The maximum atomic E-state index is 10.8. The van der Waals surface area contributed by atoms with Crippen molar-refractivity contribution in [3.8, 4) is 0 Å². The second kappa shape index (κ2) is 9.23. The smallest absolute Gasteiger partial charge is 0.331 e. The molecule has 0 bridgehead atoms. The molecular formula is C14H27NO2. The molecule has 0 amide bonds. The fourth-order valence-corrected chi connectivity index (χ4v) is 1.70. The Morgan fingerprint density at radius 3 is 2.41 bits per heavy atom. The lowest BCUT2D eigenvalue weighted by molar-refractivity contribution is -0.132. The molecule has 100 valence electrons. The molecule has 3 heteroatoms. The second-order valence-electron chi connectivity index (χ2n) is 5.02. The first kappa shape index (κ1) is 16.2. The van der Waals surface area contributed by atoms with Crippen molar-refractivity contribution in [3.63, 3.8) is 0 Å². The third-order valence-corrected chi connectivity index (χ3v) is 2.89. The fourth-order valence-electron chi connectivity index (χ4n) is 1.70. The maximum absolute atomic E-state index is 10.8. The van der Waals surface area contributed by atoms with Crippen molar-refractivity contribution in [1.82, 2.24) is 5.32 Å². The van der Waals surface area contributed by atoms with Gasteiger partial charge in [0.2, 0.25) is 0 Å². The van der Waals surface area contributed by atoms with Crippen molar-refractivity contribution in [1.29, 1.82) is 0 Å². The van der Waals surface area contributed by atoms with Crippen LogP contribution in [0.5, 0.6) is 0 Å². The Kier molecular flexibility index (Phi) is 8.78. The van der Waals surface area contributed by atoms with Gasteiger partial charge in [0, 0.05) is 18.2 Å². The Hall–Kier alpha value is -0.830. The summed E-state index contributed by atoms with van der Waals surface area (Å²) in [5.41, 5.74) is 0.492. The maximum Gasteiger partial charge on any atom is 0.331 e. The van der Waals surface area contributed by atoms with E-state index < -0.39 is 5.97 Å². The number of aliphatic carboxylic acids is 1. The van der Waals surface area contributed by atoms with E-state index in [1.54, 1.807) is 6.08 Å². The van der Waals surface area contributed by atoms with Crippen molar-refractivity contribution in [2.24, 2.45) is 5.92 Å². The molecular weight excluding hydrogens is 214 g/mol. The molecule has 0 saturated carbocycles. The van der Waals surface area contributed by atoms with E-state index in [1.807, 2.05) is 6.92 Å². The molecule has 0 aromatic heterocycles. The van der Waals surface area contributed by atoms with Gasteiger partial charge < -0.3 is 10.4 Å². The van der Waals surface area contributed by atoms with Crippen molar-refractivity contribution >= 4 is 5.97 Å². The molecule has 0 rings (SSSR count). The minimum Gasteiger partial charge on any atom is -0.478 e. The van der Waals surface area contributed by atoms with Gasteiger partial charge in [0.05, 0.1) is 0 Å². The molecule has 0 saturated heterocycles. The summed E-state index contributed by atoms with van der Waals surface area (Å²) in [5, 5.41) is 12.2. The van der Waals surface area contributed by atoms with Crippen LogP contribution >= 0.6 is 0 Å². The van der Waals surface area contributed by atoms with Gasteiger partial charge in [-0.05, 0) is 25.7 Å². The standard InChI is InChI=1S/C14H27NO2/c1-5-13(14(16)17)9-10-15-12(4)8-6-7-11(2)3/h9,11-12,15H,5-8,10H2,1-4H3,(H,16,17). The normalized spacial score (nSPS) is 14.1. The quantitative estimate of drug-likeness (QED) is 0.609. The Balaban J connectivity index is 3.76. The minimum atomic E-state index is -0.804. The summed E-state index contributed by atoms with van der Waals surface area (Å²) < 4.78 is 0. The zero-order valence-electron chi connectivity index (χ0n) is 11.6. The highest BCUT2D eigenvalue weighted by atomic mass is 16.4. The van der Waals surface area contributed by atoms with Crippen LogP contribution in [0.2, 0.25) is 0 Å². The van der Waals surface area contributed by atoms with Gasteiger partial charge >= 0.3 is 5.97 Å². The van der Waals surface area contributed by atoms with E-state index in [4.69, 9.17) is 5.11 Å². The molecule has 0 aliphatic rings. The minimum absolute atomic E-state index is 0.455. The van der Waals surface area contributed by atoms with Crippen LogP contribution in [0.1, 0.15) is 53.4 Å². The van der Waals surface area contributed by atoms with E-state index in [9.17, 15) is 4.79 Å². The average molecular weight is 241 g/mol. The van der Waals surface area contributed by atoms with Crippen molar-refractivity contribution in [2.45, 2.75) is 59.4 Å². The summed E-state index contributed by atoms with van der Waals surface area (Å²) in [7, 11) is 0. The predicted molar refractivity (Wildman–Crippen MR) is 72.2 cm³/mol. The van der Waals surface area contributed by atoms with Crippen molar-refractivity contribution in [2.75, 3.05) is 6.54 Å². The van der Waals surface area contributed by atoms with Gasteiger partial charge in [0.25, 0.3) is 0 Å². The van der Waals surface area contributed by atoms with E-state index >= 15 is 0 Å². The van der Waals surface area contributed by atoms with E-state index in [0.717, 1.165) is 12.3 Å². The molecule has 1 unspecified atom stereocenters. The lowest BCUT2D eigenvalue weighted by Crippen LogP contribution is -2.26. The van der Waals surface area contributed by atoms with Crippen LogP contribution in [0, 0.1) is 5.92 Å². The first-order valence-electron chi connectivity index (χ1n) is 6.63. The van der Waals surface area contributed by atoms with E-state index in [-0.39, 0.29) is 0 Å².